The van der Waals surface area contributed by atoms with E-state index < -0.39 is 17.6 Å². The van der Waals surface area contributed by atoms with Crippen molar-refractivity contribution >= 4 is 17.5 Å². The first-order valence-electron chi connectivity index (χ1n) is 11.6. The van der Waals surface area contributed by atoms with Gasteiger partial charge in [-0.1, -0.05) is 72.8 Å². The van der Waals surface area contributed by atoms with E-state index >= 15 is 0 Å². The van der Waals surface area contributed by atoms with Crippen molar-refractivity contribution < 1.29 is 23.6 Å². The van der Waals surface area contributed by atoms with Gasteiger partial charge in [-0.15, -0.1) is 0 Å². The summed E-state index contributed by atoms with van der Waals surface area (Å²) in [4.78, 5) is 29.9. The van der Waals surface area contributed by atoms with E-state index in [-0.39, 0.29) is 31.1 Å². The molecule has 188 valence electrons. The Morgan fingerprint density at radius 2 is 1.38 bits per heavy atom. The molecule has 4 aromatic carbocycles. The normalized spacial score (nSPS) is 10.5. The van der Waals surface area contributed by atoms with Crippen molar-refractivity contribution in [3.8, 4) is 5.75 Å². The molecule has 0 aliphatic rings. The summed E-state index contributed by atoms with van der Waals surface area (Å²) < 4.78 is 20.5. The molecule has 8 heteroatoms. The van der Waals surface area contributed by atoms with Crippen molar-refractivity contribution in [3.05, 3.63) is 131 Å². The van der Waals surface area contributed by atoms with Crippen molar-refractivity contribution in [1.82, 2.24) is 5.48 Å². The highest BCUT2D eigenvalue weighted by Gasteiger charge is 2.17. The average Bonchev–Trinajstić information content (AvgIpc) is 2.93. The van der Waals surface area contributed by atoms with E-state index in [2.05, 4.69) is 10.8 Å². The van der Waals surface area contributed by atoms with Crippen molar-refractivity contribution in [3.63, 3.8) is 0 Å². The molecule has 0 unspecified atom stereocenters. The maximum Gasteiger partial charge on any atom is 0.276 e. The molecule has 0 saturated carbocycles. The molecule has 0 atom stereocenters. The van der Waals surface area contributed by atoms with Crippen LogP contribution >= 0.6 is 0 Å². The summed E-state index contributed by atoms with van der Waals surface area (Å²) in [5.41, 5.74) is 10.8. The third-order valence-corrected chi connectivity index (χ3v) is 5.50. The first-order chi connectivity index (χ1) is 18.0. The highest BCUT2D eigenvalue weighted by Crippen LogP contribution is 2.25. The highest BCUT2D eigenvalue weighted by atomic mass is 19.1. The lowest BCUT2D eigenvalue weighted by atomic mass is 10.1. The number of halogens is 1. The van der Waals surface area contributed by atoms with Crippen LogP contribution in [0, 0.1) is 5.82 Å². The minimum absolute atomic E-state index is 0.0858. The van der Waals surface area contributed by atoms with Gasteiger partial charge in [0.1, 0.15) is 6.61 Å². The Hall–Kier alpha value is -4.69. The summed E-state index contributed by atoms with van der Waals surface area (Å²) in [6, 6.07) is 28.5. The SMILES string of the molecule is NC(=O)c1cc(CNc2ccccc2C(=O)NOCc2ccccc2)cc(OCc2ccccc2)c1F. The summed E-state index contributed by atoms with van der Waals surface area (Å²) in [6.45, 7) is 0.523. The number of hydroxylamine groups is 1. The molecule has 0 aromatic heterocycles. The van der Waals surface area contributed by atoms with Crippen LogP contribution < -0.4 is 21.3 Å². The summed E-state index contributed by atoms with van der Waals surface area (Å²) >= 11 is 0. The third kappa shape index (κ3) is 6.93. The number of hydrogen-bond donors (Lipinski definition) is 3. The Kier molecular flexibility index (Phi) is 8.46. The maximum absolute atomic E-state index is 14.9. The number of amides is 2. The zero-order valence-electron chi connectivity index (χ0n) is 19.9. The summed E-state index contributed by atoms with van der Waals surface area (Å²) in [5, 5.41) is 3.16. The zero-order chi connectivity index (χ0) is 26.0. The number of carbonyl (C=O) groups excluding carboxylic acids is 2. The Morgan fingerprint density at radius 3 is 2.05 bits per heavy atom. The molecule has 0 heterocycles. The van der Waals surface area contributed by atoms with Crippen LogP contribution in [-0.2, 0) is 24.6 Å². The fourth-order valence-corrected chi connectivity index (χ4v) is 3.62. The number of nitrogens with two attached hydrogens (primary N) is 1. The first-order valence-corrected chi connectivity index (χ1v) is 11.6. The van der Waals surface area contributed by atoms with Gasteiger partial charge in [0, 0.05) is 12.2 Å². The Balaban J connectivity index is 1.45. The van der Waals surface area contributed by atoms with Gasteiger partial charge >= 0.3 is 0 Å². The monoisotopic (exact) mass is 499 g/mol. The van der Waals surface area contributed by atoms with Gasteiger partial charge in [-0.3, -0.25) is 14.4 Å². The standard InChI is InChI=1S/C29H26FN3O4/c30-27-24(28(31)34)15-22(16-26(27)36-18-20-9-3-1-4-10-20)17-32-25-14-8-7-13-23(25)29(35)33-37-19-21-11-5-2-6-12-21/h1-16,32H,17-19H2,(H2,31,34)(H,33,35). The lowest BCUT2D eigenvalue weighted by Crippen LogP contribution is -2.24. The number of nitrogens with one attached hydrogen (secondary N) is 2. The number of benzene rings is 4. The maximum atomic E-state index is 14.9. The van der Waals surface area contributed by atoms with Gasteiger partial charge in [-0.05, 0) is 41.0 Å². The third-order valence-electron chi connectivity index (χ3n) is 5.50. The van der Waals surface area contributed by atoms with Gasteiger partial charge in [0.25, 0.3) is 11.8 Å². The van der Waals surface area contributed by atoms with Crippen LogP contribution in [0.5, 0.6) is 5.75 Å². The van der Waals surface area contributed by atoms with E-state index in [1.54, 1.807) is 24.3 Å². The molecule has 0 saturated heterocycles. The second-order valence-corrected chi connectivity index (χ2v) is 8.20. The molecule has 7 nitrogen and oxygen atoms in total. The molecular weight excluding hydrogens is 473 g/mol. The highest BCUT2D eigenvalue weighted by molar-refractivity contribution is 5.99. The van der Waals surface area contributed by atoms with Gasteiger partial charge < -0.3 is 15.8 Å². The molecule has 0 radical (unpaired) electrons. The van der Waals surface area contributed by atoms with E-state index in [0.717, 1.165) is 11.1 Å². The van der Waals surface area contributed by atoms with Crippen LogP contribution in [0.15, 0.2) is 97.1 Å². The van der Waals surface area contributed by atoms with Crippen LogP contribution in [0.25, 0.3) is 0 Å². The largest absolute Gasteiger partial charge is 0.486 e. The van der Waals surface area contributed by atoms with Gasteiger partial charge in [0.05, 0.1) is 17.7 Å². The predicted molar refractivity (Wildman–Crippen MR) is 138 cm³/mol. The molecule has 4 N–H and O–H groups in total. The number of rotatable bonds is 11. The van der Waals surface area contributed by atoms with Crippen molar-refractivity contribution in [2.45, 2.75) is 19.8 Å². The topological polar surface area (TPSA) is 103 Å². The number of hydrogen-bond acceptors (Lipinski definition) is 5. The van der Waals surface area contributed by atoms with Gasteiger partial charge in [0.2, 0.25) is 0 Å². The Labute approximate surface area is 214 Å². The second-order valence-electron chi connectivity index (χ2n) is 8.20. The molecule has 0 aliphatic carbocycles. The molecule has 0 fully saturated rings. The van der Waals surface area contributed by atoms with E-state index in [0.29, 0.717) is 16.8 Å². The van der Waals surface area contributed by atoms with E-state index in [1.165, 1.54) is 12.1 Å². The lowest BCUT2D eigenvalue weighted by Gasteiger charge is -2.15. The number of ether oxygens (including phenoxy) is 1. The fraction of sp³-hybridized carbons (Fsp3) is 0.103. The number of primary amides is 1. The molecule has 4 aromatic rings. The average molecular weight is 500 g/mol. The van der Waals surface area contributed by atoms with E-state index in [1.807, 2.05) is 60.7 Å². The van der Waals surface area contributed by atoms with Crippen LogP contribution in [-0.4, -0.2) is 11.8 Å². The molecule has 0 spiro atoms. The quantitative estimate of drug-likeness (QED) is 0.253. The van der Waals surface area contributed by atoms with E-state index in [4.69, 9.17) is 15.3 Å². The number of carbonyl (C=O) groups is 2. The molecular formula is C29H26FN3O4. The predicted octanol–water partition coefficient (Wildman–Crippen LogP) is 4.98. The summed E-state index contributed by atoms with van der Waals surface area (Å²) in [5.74, 6) is -2.23. The van der Waals surface area contributed by atoms with Crippen LogP contribution in [0.2, 0.25) is 0 Å². The van der Waals surface area contributed by atoms with Crippen LogP contribution in [0.3, 0.4) is 0 Å². The Bertz CT molecular complexity index is 1360. The zero-order valence-corrected chi connectivity index (χ0v) is 19.9. The minimum atomic E-state index is -0.903. The molecule has 4 rings (SSSR count). The molecule has 0 aliphatic heterocycles. The fourth-order valence-electron chi connectivity index (χ4n) is 3.62. The van der Waals surface area contributed by atoms with Gasteiger partial charge in [-0.25, -0.2) is 9.87 Å². The Morgan fingerprint density at radius 1 is 0.757 bits per heavy atom. The number of anilines is 1. The number of para-hydroxylation sites is 1. The van der Waals surface area contributed by atoms with Crippen molar-refractivity contribution in [2.75, 3.05) is 5.32 Å². The second kappa shape index (κ2) is 12.3. The van der Waals surface area contributed by atoms with Gasteiger partial charge in [-0.2, -0.15) is 0 Å². The molecule has 37 heavy (non-hydrogen) atoms. The minimum Gasteiger partial charge on any atom is -0.486 e. The smallest absolute Gasteiger partial charge is 0.276 e. The van der Waals surface area contributed by atoms with Crippen molar-refractivity contribution in [1.29, 1.82) is 0 Å². The first kappa shape index (κ1) is 25.4. The van der Waals surface area contributed by atoms with Gasteiger partial charge in [0.15, 0.2) is 11.6 Å². The molecule has 2 amide bonds. The lowest BCUT2D eigenvalue weighted by molar-refractivity contribution is 0.0234. The van der Waals surface area contributed by atoms with Crippen LogP contribution in [0.1, 0.15) is 37.4 Å². The summed E-state index contributed by atoms with van der Waals surface area (Å²) in [7, 11) is 0. The van der Waals surface area contributed by atoms with Crippen LogP contribution in [0.4, 0.5) is 10.1 Å². The van der Waals surface area contributed by atoms with E-state index in [9.17, 15) is 14.0 Å². The molecule has 0 bridgehead atoms. The summed E-state index contributed by atoms with van der Waals surface area (Å²) in [6.07, 6.45) is 0. The van der Waals surface area contributed by atoms with Crippen molar-refractivity contribution in [2.24, 2.45) is 5.73 Å².